The van der Waals surface area contributed by atoms with Gasteiger partial charge in [-0.15, -0.1) is 0 Å². The number of hydrogen-bond acceptors (Lipinski definition) is 3. The Hall–Kier alpha value is -2.14. The minimum atomic E-state index is -0.0390. The second-order valence-corrected chi connectivity index (χ2v) is 6.60. The van der Waals surface area contributed by atoms with Gasteiger partial charge in [0.2, 0.25) is 5.28 Å². The molecule has 126 valence electrons. The number of halogens is 1. The SMILES string of the molecule is Cc1ccc(C)c(NC(=O)N2CCC(c3ccnc(Cl)n3)CC2)c1. The zero-order valence-electron chi connectivity index (χ0n) is 13.9. The second kappa shape index (κ2) is 7.18. The summed E-state index contributed by atoms with van der Waals surface area (Å²) in [6.45, 7) is 5.44. The predicted octanol–water partition coefficient (Wildman–Crippen LogP) is 4.16. The van der Waals surface area contributed by atoms with Gasteiger partial charge in [0.25, 0.3) is 0 Å². The Labute approximate surface area is 147 Å². The summed E-state index contributed by atoms with van der Waals surface area (Å²) in [4.78, 5) is 22.6. The minimum absolute atomic E-state index is 0.0390. The molecule has 2 aromatic rings. The summed E-state index contributed by atoms with van der Waals surface area (Å²) >= 11 is 5.86. The molecule has 1 saturated heterocycles. The number of anilines is 1. The van der Waals surface area contributed by atoms with Crippen molar-refractivity contribution in [2.45, 2.75) is 32.6 Å². The largest absolute Gasteiger partial charge is 0.324 e. The Kier molecular flexibility index (Phi) is 5.00. The third-order valence-corrected chi connectivity index (χ3v) is 4.66. The molecule has 2 heterocycles. The van der Waals surface area contributed by atoms with Crippen LogP contribution in [0.5, 0.6) is 0 Å². The number of piperidine rings is 1. The summed E-state index contributed by atoms with van der Waals surface area (Å²) in [5, 5.41) is 3.30. The number of urea groups is 1. The molecule has 1 aliphatic rings. The van der Waals surface area contributed by atoms with E-state index in [-0.39, 0.29) is 11.3 Å². The lowest BCUT2D eigenvalue weighted by molar-refractivity contribution is 0.194. The summed E-state index contributed by atoms with van der Waals surface area (Å²) in [5.41, 5.74) is 4.05. The quantitative estimate of drug-likeness (QED) is 0.832. The van der Waals surface area contributed by atoms with Gasteiger partial charge in [0.15, 0.2) is 0 Å². The lowest BCUT2D eigenvalue weighted by atomic mass is 9.93. The summed E-state index contributed by atoms with van der Waals surface area (Å²) in [5.74, 6) is 0.329. The topological polar surface area (TPSA) is 58.1 Å². The van der Waals surface area contributed by atoms with Gasteiger partial charge in [-0.25, -0.2) is 14.8 Å². The Bertz CT molecular complexity index is 742. The number of benzene rings is 1. The highest BCUT2D eigenvalue weighted by Crippen LogP contribution is 2.27. The fourth-order valence-electron chi connectivity index (χ4n) is 3.02. The van der Waals surface area contributed by atoms with Crippen molar-refractivity contribution in [3.63, 3.8) is 0 Å². The first-order valence-corrected chi connectivity index (χ1v) is 8.52. The number of nitrogens with one attached hydrogen (secondary N) is 1. The van der Waals surface area contributed by atoms with Crippen LogP contribution in [0.4, 0.5) is 10.5 Å². The summed E-state index contributed by atoms with van der Waals surface area (Å²) in [6.07, 6.45) is 3.45. The van der Waals surface area contributed by atoms with E-state index in [0.29, 0.717) is 19.0 Å². The number of amides is 2. The Balaban J connectivity index is 1.60. The molecule has 1 fully saturated rings. The van der Waals surface area contributed by atoms with Gasteiger partial charge in [0.1, 0.15) is 0 Å². The van der Waals surface area contributed by atoms with E-state index in [4.69, 9.17) is 11.6 Å². The summed E-state index contributed by atoms with van der Waals surface area (Å²) in [7, 11) is 0. The minimum Gasteiger partial charge on any atom is -0.324 e. The first-order chi connectivity index (χ1) is 11.5. The second-order valence-electron chi connectivity index (χ2n) is 6.26. The van der Waals surface area contributed by atoms with Crippen LogP contribution in [0, 0.1) is 13.8 Å². The standard InChI is InChI=1S/C18H21ClN4O/c1-12-3-4-13(2)16(11-12)22-18(24)23-9-6-14(7-10-23)15-5-8-20-17(19)21-15/h3-5,8,11,14H,6-7,9-10H2,1-2H3,(H,22,24). The van der Waals surface area contributed by atoms with Crippen LogP contribution >= 0.6 is 11.6 Å². The van der Waals surface area contributed by atoms with E-state index in [1.165, 1.54) is 0 Å². The highest BCUT2D eigenvalue weighted by molar-refractivity contribution is 6.28. The number of aryl methyl sites for hydroxylation is 2. The van der Waals surface area contributed by atoms with Crippen molar-refractivity contribution < 1.29 is 4.79 Å². The van der Waals surface area contributed by atoms with E-state index in [2.05, 4.69) is 15.3 Å². The average molecular weight is 345 g/mol. The molecule has 3 rings (SSSR count). The molecule has 6 heteroatoms. The molecule has 0 spiro atoms. The zero-order chi connectivity index (χ0) is 17.1. The van der Waals surface area contributed by atoms with Gasteiger partial charge in [0, 0.05) is 36.6 Å². The molecule has 24 heavy (non-hydrogen) atoms. The van der Waals surface area contributed by atoms with Crippen molar-refractivity contribution in [2.75, 3.05) is 18.4 Å². The van der Waals surface area contributed by atoms with Crippen molar-refractivity contribution in [2.24, 2.45) is 0 Å². The van der Waals surface area contributed by atoms with Gasteiger partial charge in [-0.3, -0.25) is 0 Å². The number of likely N-dealkylation sites (tertiary alicyclic amines) is 1. The Morgan fingerprint density at radius 2 is 2.00 bits per heavy atom. The van der Waals surface area contributed by atoms with Crippen LogP contribution in [-0.2, 0) is 0 Å². The molecule has 1 aromatic heterocycles. The molecule has 0 bridgehead atoms. The van der Waals surface area contributed by atoms with Gasteiger partial charge in [0.05, 0.1) is 0 Å². The molecule has 0 aliphatic carbocycles. The number of rotatable bonds is 2. The van der Waals surface area contributed by atoms with Crippen LogP contribution in [0.25, 0.3) is 0 Å². The van der Waals surface area contributed by atoms with E-state index >= 15 is 0 Å². The Morgan fingerprint density at radius 1 is 1.25 bits per heavy atom. The normalized spacial score (nSPS) is 15.4. The van der Waals surface area contributed by atoms with E-state index in [9.17, 15) is 4.79 Å². The molecule has 1 aromatic carbocycles. The molecule has 1 aliphatic heterocycles. The van der Waals surface area contributed by atoms with Crippen LogP contribution in [0.15, 0.2) is 30.5 Å². The van der Waals surface area contributed by atoms with Crippen molar-refractivity contribution in [1.82, 2.24) is 14.9 Å². The van der Waals surface area contributed by atoms with E-state index in [1.807, 2.05) is 43.0 Å². The van der Waals surface area contributed by atoms with Crippen molar-refractivity contribution >= 4 is 23.3 Å². The highest BCUT2D eigenvalue weighted by Gasteiger charge is 2.25. The van der Waals surface area contributed by atoms with Crippen molar-refractivity contribution in [3.05, 3.63) is 52.6 Å². The molecule has 2 amide bonds. The number of nitrogens with zero attached hydrogens (tertiary/aromatic N) is 3. The molecule has 5 nitrogen and oxygen atoms in total. The fourth-order valence-corrected chi connectivity index (χ4v) is 3.17. The third kappa shape index (κ3) is 3.85. The predicted molar refractivity (Wildman–Crippen MR) is 95.5 cm³/mol. The molecule has 0 saturated carbocycles. The highest BCUT2D eigenvalue weighted by atomic mass is 35.5. The van der Waals surface area contributed by atoms with E-state index in [0.717, 1.165) is 35.3 Å². The van der Waals surface area contributed by atoms with Crippen molar-refractivity contribution in [1.29, 1.82) is 0 Å². The van der Waals surface area contributed by atoms with E-state index < -0.39 is 0 Å². The van der Waals surface area contributed by atoms with Gasteiger partial charge >= 0.3 is 6.03 Å². The monoisotopic (exact) mass is 344 g/mol. The molecular weight excluding hydrogens is 324 g/mol. The zero-order valence-corrected chi connectivity index (χ0v) is 14.7. The summed E-state index contributed by atoms with van der Waals surface area (Å²) < 4.78 is 0. The van der Waals surface area contributed by atoms with Crippen LogP contribution < -0.4 is 5.32 Å². The van der Waals surface area contributed by atoms with Gasteiger partial charge in [-0.1, -0.05) is 12.1 Å². The maximum absolute atomic E-state index is 12.5. The average Bonchev–Trinajstić information content (AvgIpc) is 2.58. The smallest absolute Gasteiger partial charge is 0.321 e. The maximum Gasteiger partial charge on any atom is 0.321 e. The molecule has 0 atom stereocenters. The fraction of sp³-hybridized carbons (Fsp3) is 0.389. The Morgan fingerprint density at radius 3 is 2.71 bits per heavy atom. The van der Waals surface area contributed by atoms with Crippen LogP contribution in [-0.4, -0.2) is 34.0 Å². The number of aromatic nitrogens is 2. The molecule has 0 unspecified atom stereocenters. The molecule has 0 radical (unpaired) electrons. The van der Waals surface area contributed by atoms with Crippen LogP contribution in [0.2, 0.25) is 5.28 Å². The number of hydrogen-bond donors (Lipinski definition) is 1. The molecule has 1 N–H and O–H groups in total. The van der Waals surface area contributed by atoms with Crippen LogP contribution in [0.3, 0.4) is 0 Å². The lowest BCUT2D eigenvalue weighted by Gasteiger charge is -2.32. The van der Waals surface area contributed by atoms with Gasteiger partial charge in [-0.05, 0) is 61.5 Å². The van der Waals surface area contributed by atoms with Crippen molar-refractivity contribution in [3.8, 4) is 0 Å². The summed E-state index contributed by atoms with van der Waals surface area (Å²) in [6, 6.07) is 7.94. The lowest BCUT2D eigenvalue weighted by Crippen LogP contribution is -2.40. The number of carbonyl (C=O) groups excluding carboxylic acids is 1. The van der Waals surface area contributed by atoms with E-state index in [1.54, 1.807) is 6.20 Å². The molecular formula is C18H21ClN4O. The van der Waals surface area contributed by atoms with Gasteiger partial charge in [-0.2, -0.15) is 0 Å². The first-order valence-electron chi connectivity index (χ1n) is 8.14. The number of carbonyl (C=O) groups is 1. The maximum atomic E-state index is 12.5. The first kappa shape index (κ1) is 16.7. The van der Waals surface area contributed by atoms with Crippen LogP contribution in [0.1, 0.15) is 35.6 Å². The third-order valence-electron chi connectivity index (χ3n) is 4.48. The van der Waals surface area contributed by atoms with Gasteiger partial charge < -0.3 is 10.2 Å².